The van der Waals surface area contributed by atoms with Gasteiger partial charge in [0.2, 0.25) is 11.1 Å². The van der Waals surface area contributed by atoms with Crippen molar-refractivity contribution in [3.8, 4) is 11.4 Å². The lowest BCUT2D eigenvalue weighted by Gasteiger charge is -2.09. The molecule has 0 aliphatic heterocycles. The van der Waals surface area contributed by atoms with Crippen LogP contribution in [0.4, 0.5) is 5.69 Å². The van der Waals surface area contributed by atoms with Crippen LogP contribution in [0.15, 0.2) is 53.9 Å². The summed E-state index contributed by atoms with van der Waals surface area (Å²) in [4.78, 5) is 32.5. The SMILES string of the molecule is CCOC(=O)c1ccccc1NC(=O)CSc1n[nH]c(-c2ccncc2)n1. The molecular weight excluding hydrogens is 366 g/mol. The second kappa shape index (κ2) is 8.95. The van der Waals surface area contributed by atoms with Gasteiger partial charge in [-0.3, -0.25) is 14.9 Å². The van der Waals surface area contributed by atoms with E-state index in [4.69, 9.17) is 4.74 Å². The second-order valence-electron chi connectivity index (χ2n) is 5.31. The first kappa shape index (κ1) is 18.6. The fourth-order valence-corrected chi connectivity index (χ4v) is 2.84. The predicted octanol–water partition coefficient (Wildman–Crippen LogP) is 2.77. The summed E-state index contributed by atoms with van der Waals surface area (Å²) in [5.74, 6) is -0.0397. The first-order valence-corrected chi connectivity index (χ1v) is 9.17. The zero-order valence-corrected chi connectivity index (χ0v) is 15.3. The van der Waals surface area contributed by atoms with Crippen molar-refractivity contribution in [2.75, 3.05) is 17.7 Å². The Morgan fingerprint density at radius 3 is 2.74 bits per heavy atom. The Kier molecular flexibility index (Phi) is 6.16. The average Bonchev–Trinajstić information content (AvgIpc) is 3.17. The highest BCUT2D eigenvalue weighted by Crippen LogP contribution is 2.20. The summed E-state index contributed by atoms with van der Waals surface area (Å²) in [7, 11) is 0. The number of hydrogen-bond donors (Lipinski definition) is 2. The summed E-state index contributed by atoms with van der Waals surface area (Å²) < 4.78 is 5.00. The molecule has 0 saturated heterocycles. The van der Waals surface area contributed by atoms with Crippen LogP contribution < -0.4 is 5.32 Å². The molecule has 138 valence electrons. The van der Waals surface area contributed by atoms with Crippen LogP contribution in [0, 0.1) is 0 Å². The maximum Gasteiger partial charge on any atom is 0.340 e. The number of H-pyrrole nitrogens is 1. The highest BCUT2D eigenvalue weighted by atomic mass is 32.2. The molecule has 0 aliphatic rings. The minimum absolute atomic E-state index is 0.102. The van der Waals surface area contributed by atoms with E-state index < -0.39 is 5.97 Å². The van der Waals surface area contributed by atoms with Crippen LogP contribution in [0.5, 0.6) is 0 Å². The number of esters is 1. The van der Waals surface area contributed by atoms with Gasteiger partial charge in [-0.1, -0.05) is 23.9 Å². The zero-order chi connectivity index (χ0) is 19.1. The van der Waals surface area contributed by atoms with Crippen molar-refractivity contribution < 1.29 is 14.3 Å². The summed E-state index contributed by atoms with van der Waals surface area (Å²) in [6, 6.07) is 10.3. The summed E-state index contributed by atoms with van der Waals surface area (Å²) in [6.45, 7) is 1.99. The Bertz CT molecular complexity index is 930. The third kappa shape index (κ3) is 4.91. The molecule has 9 heteroatoms. The van der Waals surface area contributed by atoms with Crippen molar-refractivity contribution in [1.29, 1.82) is 0 Å². The molecule has 27 heavy (non-hydrogen) atoms. The topological polar surface area (TPSA) is 110 Å². The average molecular weight is 383 g/mol. The van der Waals surface area contributed by atoms with E-state index in [0.717, 1.165) is 5.56 Å². The fourth-order valence-electron chi connectivity index (χ4n) is 2.25. The van der Waals surface area contributed by atoms with Gasteiger partial charge in [-0.15, -0.1) is 5.10 Å². The van der Waals surface area contributed by atoms with Gasteiger partial charge >= 0.3 is 5.97 Å². The number of benzene rings is 1. The number of amides is 1. The minimum Gasteiger partial charge on any atom is -0.462 e. The third-order valence-electron chi connectivity index (χ3n) is 3.45. The first-order valence-electron chi connectivity index (χ1n) is 8.19. The number of carbonyl (C=O) groups excluding carboxylic acids is 2. The molecule has 1 aromatic carbocycles. The number of thioether (sulfide) groups is 1. The number of aromatic amines is 1. The lowest BCUT2D eigenvalue weighted by atomic mass is 10.2. The van der Waals surface area contributed by atoms with E-state index >= 15 is 0 Å². The number of rotatable bonds is 7. The van der Waals surface area contributed by atoms with Crippen LogP contribution in [0.1, 0.15) is 17.3 Å². The minimum atomic E-state index is -0.475. The molecule has 2 heterocycles. The standard InChI is InChI=1S/C18H17N5O3S/c1-2-26-17(25)13-5-3-4-6-14(13)20-15(24)11-27-18-21-16(22-23-18)12-7-9-19-10-8-12/h3-10H,2,11H2,1H3,(H,20,24)(H,21,22,23). The predicted molar refractivity (Wildman–Crippen MR) is 101 cm³/mol. The number of carbonyl (C=O) groups is 2. The van der Waals surface area contributed by atoms with Crippen molar-refractivity contribution >= 4 is 29.3 Å². The molecule has 2 aromatic heterocycles. The van der Waals surface area contributed by atoms with Crippen molar-refractivity contribution in [2.24, 2.45) is 0 Å². The third-order valence-corrected chi connectivity index (χ3v) is 4.29. The van der Waals surface area contributed by atoms with E-state index in [9.17, 15) is 9.59 Å². The van der Waals surface area contributed by atoms with Gasteiger partial charge in [-0.25, -0.2) is 9.78 Å². The molecule has 0 spiro atoms. The molecule has 3 rings (SSSR count). The van der Waals surface area contributed by atoms with Gasteiger partial charge in [-0.05, 0) is 31.2 Å². The number of para-hydroxylation sites is 1. The van der Waals surface area contributed by atoms with Gasteiger partial charge < -0.3 is 10.1 Å². The Morgan fingerprint density at radius 1 is 1.19 bits per heavy atom. The molecule has 0 unspecified atom stereocenters. The van der Waals surface area contributed by atoms with Crippen molar-refractivity contribution in [3.05, 3.63) is 54.4 Å². The molecule has 2 N–H and O–H groups in total. The van der Waals surface area contributed by atoms with Crippen LogP contribution in [-0.2, 0) is 9.53 Å². The van der Waals surface area contributed by atoms with Crippen molar-refractivity contribution in [1.82, 2.24) is 20.2 Å². The molecule has 0 bridgehead atoms. The van der Waals surface area contributed by atoms with E-state index in [1.807, 2.05) is 12.1 Å². The Labute approximate surface area is 159 Å². The van der Waals surface area contributed by atoms with E-state index in [1.54, 1.807) is 43.6 Å². The van der Waals surface area contributed by atoms with Crippen LogP contribution in [0.2, 0.25) is 0 Å². The quantitative estimate of drug-likeness (QED) is 0.477. The van der Waals surface area contributed by atoms with Crippen LogP contribution in [0.3, 0.4) is 0 Å². The second-order valence-corrected chi connectivity index (χ2v) is 6.25. The fraction of sp³-hybridized carbons (Fsp3) is 0.167. The molecule has 1 amide bonds. The summed E-state index contributed by atoms with van der Waals surface area (Å²) in [5, 5.41) is 10.1. The van der Waals surface area contributed by atoms with Gasteiger partial charge in [0.05, 0.1) is 23.6 Å². The lowest BCUT2D eigenvalue weighted by Crippen LogP contribution is -2.17. The number of nitrogens with zero attached hydrogens (tertiary/aromatic N) is 3. The highest BCUT2D eigenvalue weighted by molar-refractivity contribution is 7.99. The normalized spacial score (nSPS) is 10.4. The molecule has 0 fully saturated rings. The lowest BCUT2D eigenvalue weighted by molar-refractivity contribution is -0.113. The number of ether oxygens (including phenoxy) is 1. The first-order chi connectivity index (χ1) is 13.2. The summed E-state index contributed by atoms with van der Waals surface area (Å²) >= 11 is 1.19. The number of anilines is 1. The Balaban J connectivity index is 1.60. The number of nitrogens with one attached hydrogen (secondary N) is 2. The Hall–Kier alpha value is -3.20. The zero-order valence-electron chi connectivity index (χ0n) is 14.5. The molecule has 8 nitrogen and oxygen atoms in total. The number of hydrogen-bond acceptors (Lipinski definition) is 7. The Morgan fingerprint density at radius 2 is 1.96 bits per heavy atom. The summed E-state index contributed by atoms with van der Waals surface area (Å²) in [6.07, 6.45) is 3.33. The van der Waals surface area contributed by atoms with Crippen molar-refractivity contribution in [2.45, 2.75) is 12.1 Å². The maximum atomic E-state index is 12.2. The van der Waals surface area contributed by atoms with Gasteiger partial charge in [0.1, 0.15) is 0 Å². The summed E-state index contributed by atoms with van der Waals surface area (Å²) in [5.41, 5.74) is 1.58. The monoisotopic (exact) mass is 383 g/mol. The van der Waals surface area contributed by atoms with E-state index in [2.05, 4.69) is 25.5 Å². The largest absolute Gasteiger partial charge is 0.462 e. The number of pyridine rings is 1. The molecule has 0 aliphatic carbocycles. The molecule has 0 atom stereocenters. The molecule has 0 radical (unpaired) electrons. The van der Waals surface area contributed by atoms with E-state index in [1.165, 1.54) is 11.8 Å². The highest BCUT2D eigenvalue weighted by Gasteiger charge is 2.15. The van der Waals surface area contributed by atoms with E-state index in [-0.39, 0.29) is 18.3 Å². The maximum absolute atomic E-state index is 12.2. The molecular formula is C18H17N5O3S. The van der Waals surface area contributed by atoms with Crippen molar-refractivity contribution in [3.63, 3.8) is 0 Å². The number of aromatic nitrogens is 4. The smallest absolute Gasteiger partial charge is 0.340 e. The van der Waals surface area contributed by atoms with Crippen LogP contribution in [0.25, 0.3) is 11.4 Å². The molecule has 0 saturated carbocycles. The van der Waals surface area contributed by atoms with Gasteiger partial charge in [0, 0.05) is 18.0 Å². The molecule has 3 aromatic rings. The van der Waals surface area contributed by atoms with Gasteiger partial charge in [0.25, 0.3) is 0 Å². The van der Waals surface area contributed by atoms with Crippen LogP contribution in [-0.4, -0.2) is 44.4 Å². The van der Waals surface area contributed by atoms with Crippen LogP contribution >= 0.6 is 11.8 Å². The van der Waals surface area contributed by atoms with Gasteiger partial charge in [0.15, 0.2) is 5.82 Å². The van der Waals surface area contributed by atoms with Gasteiger partial charge in [-0.2, -0.15) is 0 Å². The van der Waals surface area contributed by atoms with E-state index in [0.29, 0.717) is 22.2 Å².